The van der Waals surface area contributed by atoms with Crippen LogP contribution in [0.15, 0.2) is 48.5 Å². The maximum Gasteiger partial charge on any atom is 0.129 e. The molecule has 0 fully saturated rings. The summed E-state index contributed by atoms with van der Waals surface area (Å²) in [5.74, 6) is 0.133. The topological polar surface area (TPSA) is 27.1 Å². The molecule has 1 aliphatic heterocycles. The minimum Gasteiger partial charge on any atom is -0.348 e. The number of halogens is 1. The van der Waals surface area contributed by atoms with E-state index in [4.69, 9.17) is 5.41 Å². The summed E-state index contributed by atoms with van der Waals surface area (Å²) in [7, 11) is 0. The molecule has 0 aliphatic carbocycles. The van der Waals surface area contributed by atoms with Gasteiger partial charge in [0.05, 0.1) is 0 Å². The first kappa shape index (κ1) is 11.0. The van der Waals surface area contributed by atoms with Gasteiger partial charge in [-0.15, -0.1) is 0 Å². The van der Waals surface area contributed by atoms with Gasteiger partial charge in [-0.3, -0.25) is 5.41 Å². The lowest BCUT2D eigenvalue weighted by atomic mass is 10.1. The van der Waals surface area contributed by atoms with Crippen LogP contribution in [0.1, 0.15) is 16.7 Å². The van der Waals surface area contributed by atoms with Gasteiger partial charge in [0.1, 0.15) is 11.7 Å². The highest BCUT2D eigenvalue weighted by atomic mass is 19.1. The van der Waals surface area contributed by atoms with E-state index in [0.29, 0.717) is 24.5 Å². The van der Waals surface area contributed by atoms with E-state index in [9.17, 15) is 4.39 Å². The number of nitrogens with zero attached hydrogens (tertiary/aromatic N) is 1. The smallest absolute Gasteiger partial charge is 0.129 e. The minimum absolute atomic E-state index is 0.278. The van der Waals surface area contributed by atoms with Crippen molar-refractivity contribution in [3.63, 3.8) is 0 Å². The van der Waals surface area contributed by atoms with Gasteiger partial charge in [0.25, 0.3) is 0 Å². The summed E-state index contributed by atoms with van der Waals surface area (Å²) in [5.41, 5.74) is 2.90. The molecule has 1 aliphatic rings. The van der Waals surface area contributed by atoms with E-state index in [1.54, 1.807) is 6.07 Å². The molecule has 0 bridgehead atoms. The molecule has 0 saturated carbocycles. The van der Waals surface area contributed by atoms with Crippen molar-refractivity contribution in [1.29, 1.82) is 5.41 Å². The average Bonchev–Trinajstić information content (AvgIpc) is 2.68. The summed E-state index contributed by atoms with van der Waals surface area (Å²) in [6.07, 6.45) is 0. The Kier molecular flexibility index (Phi) is 2.59. The van der Waals surface area contributed by atoms with Gasteiger partial charge >= 0.3 is 0 Å². The standard InChI is InChI=1S/C15H13FN2/c16-13-7-6-12-10-18(15(17)14(12)8-13)9-11-4-2-1-3-5-11/h1-8,17H,9-10H2. The van der Waals surface area contributed by atoms with Gasteiger partial charge in [0, 0.05) is 18.7 Å². The molecule has 0 unspecified atom stereocenters. The third-order valence-corrected chi connectivity index (χ3v) is 3.22. The minimum atomic E-state index is -0.278. The van der Waals surface area contributed by atoms with Crippen LogP contribution in [0.5, 0.6) is 0 Å². The lowest BCUT2D eigenvalue weighted by Gasteiger charge is -2.17. The molecule has 90 valence electrons. The number of nitrogens with one attached hydrogen (secondary N) is 1. The Hall–Kier alpha value is -2.16. The van der Waals surface area contributed by atoms with Crippen molar-refractivity contribution in [2.75, 3.05) is 0 Å². The molecule has 0 aromatic heterocycles. The number of hydrogen-bond donors (Lipinski definition) is 1. The molecule has 2 nitrogen and oxygen atoms in total. The second kappa shape index (κ2) is 4.26. The van der Waals surface area contributed by atoms with Crippen molar-refractivity contribution in [3.05, 3.63) is 71.0 Å². The summed E-state index contributed by atoms with van der Waals surface area (Å²) >= 11 is 0. The molecule has 0 radical (unpaired) electrons. The van der Waals surface area contributed by atoms with E-state index in [-0.39, 0.29) is 5.82 Å². The predicted molar refractivity (Wildman–Crippen MR) is 68.9 cm³/mol. The van der Waals surface area contributed by atoms with Crippen LogP contribution in [0.3, 0.4) is 0 Å². The van der Waals surface area contributed by atoms with Crippen molar-refractivity contribution in [3.8, 4) is 0 Å². The van der Waals surface area contributed by atoms with Crippen LogP contribution in [0.25, 0.3) is 0 Å². The molecule has 1 heterocycles. The van der Waals surface area contributed by atoms with Gasteiger partial charge < -0.3 is 4.90 Å². The summed E-state index contributed by atoms with van der Waals surface area (Å²) in [6, 6.07) is 14.7. The van der Waals surface area contributed by atoms with Gasteiger partial charge in [-0.2, -0.15) is 0 Å². The highest BCUT2D eigenvalue weighted by Gasteiger charge is 2.24. The first-order chi connectivity index (χ1) is 8.74. The molecular formula is C15H13FN2. The zero-order valence-electron chi connectivity index (χ0n) is 9.86. The van der Waals surface area contributed by atoms with Crippen LogP contribution in [0.2, 0.25) is 0 Å². The van der Waals surface area contributed by atoms with Crippen LogP contribution in [0, 0.1) is 11.2 Å². The van der Waals surface area contributed by atoms with Crippen molar-refractivity contribution in [1.82, 2.24) is 4.90 Å². The largest absolute Gasteiger partial charge is 0.348 e. The Bertz CT molecular complexity index is 593. The Morgan fingerprint density at radius 1 is 1.11 bits per heavy atom. The van der Waals surface area contributed by atoms with E-state index in [1.807, 2.05) is 35.2 Å². The molecule has 0 atom stereocenters. The number of hydrogen-bond acceptors (Lipinski definition) is 1. The van der Waals surface area contributed by atoms with Gasteiger partial charge in [-0.25, -0.2) is 4.39 Å². The maximum absolute atomic E-state index is 13.2. The average molecular weight is 240 g/mol. The van der Waals surface area contributed by atoms with E-state index in [2.05, 4.69) is 0 Å². The van der Waals surface area contributed by atoms with Crippen molar-refractivity contribution in [2.24, 2.45) is 0 Å². The van der Waals surface area contributed by atoms with Crippen LogP contribution in [-0.2, 0) is 13.1 Å². The van der Waals surface area contributed by atoms with E-state index in [1.165, 1.54) is 12.1 Å². The Morgan fingerprint density at radius 2 is 1.89 bits per heavy atom. The fraction of sp³-hybridized carbons (Fsp3) is 0.133. The summed E-state index contributed by atoms with van der Waals surface area (Å²) in [6.45, 7) is 1.37. The SMILES string of the molecule is N=C1c2cc(F)ccc2CN1Cc1ccccc1. The molecule has 0 spiro atoms. The summed E-state index contributed by atoms with van der Waals surface area (Å²) in [4.78, 5) is 1.96. The fourth-order valence-electron chi connectivity index (χ4n) is 2.30. The molecule has 3 rings (SSSR count). The van der Waals surface area contributed by atoms with Crippen LogP contribution in [0.4, 0.5) is 4.39 Å². The normalized spacial score (nSPS) is 13.8. The first-order valence-electron chi connectivity index (χ1n) is 5.90. The van der Waals surface area contributed by atoms with Gasteiger partial charge in [0.2, 0.25) is 0 Å². The molecule has 3 heteroatoms. The number of amidine groups is 1. The van der Waals surface area contributed by atoms with Gasteiger partial charge in [-0.05, 0) is 23.3 Å². The van der Waals surface area contributed by atoms with E-state index < -0.39 is 0 Å². The second-order valence-corrected chi connectivity index (χ2v) is 4.49. The molecular weight excluding hydrogens is 227 g/mol. The molecule has 2 aromatic carbocycles. The summed E-state index contributed by atoms with van der Waals surface area (Å²) in [5, 5.41) is 8.09. The van der Waals surface area contributed by atoms with Crippen LogP contribution >= 0.6 is 0 Å². The Labute approximate surface area is 105 Å². The lowest BCUT2D eigenvalue weighted by Crippen LogP contribution is -2.23. The maximum atomic E-state index is 13.2. The number of rotatable bonds is 2. The number of benzene rings is 2. The zero-order valence-corrected chi connectivity index (χ0v) is 9.86. The molecule has 0 amide bonds. The van der Waals surface area contributed by atoms with E-state index >= 15 is 0 Å². The Morgan fingerprint density at radius 3 is 2.67 bits per heavy atom. The first-order valence-corrected chi connectivity index (χ1v) is 5.90. The predicted octanol–water partition coefficient (Wildman–Crippen LogP) is 3.17. The van der Waals surface area contributed by atoms with Crippen molar-refractivity contribution < 1.29 is 4.39 Å². The summed E-state index contributed by atoms with van der Waals surface area (Å²) < 4.78 is 13.2. The highest BCUT2D eigenvalue weighted by Crippen LogP contribution is 2.24. The number of fused-ring (bicyclic) bond motifs is 1. The highest BCUT2D eigenvalue weighted by molar-refractivity contribution is 6.00. The second-order valence-electron chi connectivity index (χ2n) is 4.49. The zero-order chi connectivity index (χ0) is 12.5. The van der Waals surface area contributed by atoms with Crippen molar-refractivity contribution in [2.45, 2.75) is 13.1 Å². The van der Waals surface area contributed by atoms with E-state index in [0.717, 1.165) is 11.1 Å². The Balaban J connectivity index is 1.85. The quantitative estimate of drug-likeness (QED) is 0.857. The lowest BCUT2D eigenvalue weighted by molar-refractivity contribution is 0.422. The van der Waals surface area contributed by atoms with Crippen LogP contribution < -0.4 is 0 Å². The molecule has 0 saturated heterocycles. The fourth-order valence-corrected chi connectivity index (χ4v) is 2.30. The third kappa shape index (κ3) is 1.88. The monoisotopic (exact) mass is 240 g/mol. The van der Waals surface area contributed by atoms with Gasteiger partial charge in [0.15, 0.2) is 0 Å². The third-order valence-electron chi connectivity index (χ3n) is 3.22. The van der Waals surface area contributed by atoms with Crippen LogP contribution in [-0.4, -0.2) is 10.7 Å². The molecule has 18 heavy (non-hydrogen) atoms. The molecule has 2 aromatic rings. The van der Waals surface area contributed by atoms with Gasteiger partial charge in [-0.1, -0.05) is 36.4 Å². The molecule has 1 N–H and O–H groups in total. The van der Waals surface area contributed by atoms with Crippen molar-refractivity contribution >= 4 is 5.84 Å².